The fourth-order valence-corrected chi connectivity index (χ4v) is 3.36. The van der Waals surface area contributed by atoms with Crippen LogP contribution in [0.15, 0.2) is 42.5 Å². The summed E-state index contributed by atoms with van der Waals surface area (Å²) in [4.78, 5) is 23.9. The number of rotatable bonds is 6. The number of carbonyl (C=O) groups is 2. The number of hydrogen-bond acceptors (Lipinski definition) is 4. The second-order valence-electron chi connectivity index (χ2n) is 7.10. The Labute approximate surface area is 177 Å². The number of likely N-dealkylation sites (tertiary alicyclic amines) is 1. The van der Waals surface area contributed by atoms with Gasteiger partial charge in [0.05, 0.1) is 14.2 Å². The van der Waals surface area contributed by atoms with Crippen molar-refractivity contribution in [3.8, 4) is 11.5 Å². The van der Waals surface area contributed by atoms with Crippen LogP contribution >= 0.6 is 0 Å². The zero-order chi connectivity index (χ0) is 23.0. The molecule has 1 aromatic rings. The molecular weight excluding hydrogens is 420 g/mol. The first kappa shape index (κ1) is 24.2. The number of carbonyl (C=O) groups excluding carboxylic acids is 2. The van der Waals surface area contributed by atoms with Crippen LogP contribution in [0.4, 0.5) is 17.6 Å². The molecule has 2 amide bonds. The summed E-state index contributed by atoms with van der Waals surface area (Å²) in [7, 11) is 3.09. The SMILES string of the molecule is COc1ccc(CN2C[C@H](C=C(F)F)CC2=O)c(OC)c1.O=C1C[C@@H](C=C(F)F)CN1. The first-order valence-corrected chi connectivity index (χ1v) is 9.52. The molecule has 1 N–H and O–H groups in total. The molecule has 1 aromatic carbocycles. The molecule has 170 valence electrons. The van der Waals surface area contributed by atoms with Crippen LogP contribution in [-0.2, 0) is 16.1 Å². The minimum absolute atomic E-state index is 0.121. The van der Waals surface area contributed by atoms with Crippen LogP contribution in [0.25, 0.3) is 0 Å². The molecular formula is C21H24F4N2O4. The number of amides is 2. The lowest BCUT2D eigenvalue weighted by atomic mass is 10.1. The van der Waals surface area contributed by atoms with Crippen LogP contribution < -0.4 is 14.8 Å². The molecule has 2 aliphatic heterocycles. The fourth-order valence-electron chi connectivity index (χ4n) is 3.36. The van der Waals surface area contributed by atoms with Crippen molar-refractivity contribution < 1.29 is 36.6 Å². The van der Waals surface area contributed by atoms with Gasteiger partial charge < -0.3 is 19.7 Å². The molecule has 2 fully saturated rings. The Morgan fingerprint density at radius 3 is 2.29 bits per heavy atom. The monoisotopic (exact) mass is 444 g/mol. The zero-order valence-corrected chi connectivity index (χ0v) is 17.2. The normalized spacial score (nSPS) is 19.9. The Bertz CT molecular complexity index is 852. The molecule has 0 aliphatic carbocycles. The van der Waals surface area contributed by atoms with Gasteiger partial charge in [0.1, 0.15) is 11.5 Å². The van der Waals surface area contributed by atoms with E-state index in [0.29, 0.717) is 31.1 Å². The minimum atomic E-state index is -1.74. The molecule has 0 saturated carbocycles. The van der Waals surface area contributed by atoms with E-state index in [1.165, 1.54) is 7.11 Å². The van der Waals surface area contributed by atoms with E-state index in [-0.39, 0.29) is 30.6 Å². The summed E-state index contributed by atoms with van der Waals surface area (Å²) in [6.07, 6.45) is -1.47. The summed E-state index contributed by atoms with van der Waals surface area (Å²) in [5, 5.41) is 2.46. The van der Waals surface area contributed by atoms with E-state index in [2.05, 4.69) is 5.32 Å². The molecule has 2 aliphatic rings. The summed E-state index contributed by atoms with van der Waals surface area (Å²) < 4.78 is 58.0. The molecule has 10 heteroatoms. The largest absolute Gasteiger partial charge is 0.497 e. The second-order valence-corrected chi connectivity index (χ2v) is 7.10. The smallest absolute Gasteiger partial charge is 0.266 e. The van der Waals surface area contributed by atoms with Crippen LogP contribution in [0.3, 0.4) is 0 Å². The Hall–Kier alpha value is -3.04. The average Bonchev–Trinajstić information content (AvgIpc) is 3.26. The van der Waals surface area contributed by atoms with Crippen molar-refractivity contribution in [2.75, 3.05) is 27.3 Å². The van der Waals surface area contributed by atoms with Gasteiger partial charge >= 0.3 is 0 Å². The van der Waals surface area contributed by atoms with E-state index < -0.39 is 18.1 Å². The highest BCUT2D eigenvalue weighted by molar-refractivity contribution is 5.79. The van der Waals surface area contributed by atoms with Crippen LogP contribution in [0, 0.1) is 11.8 Å². The number of nitrogens with one attached hydrogen (secondary N) is 1. The van der Waals surface area contributed by atoms with Gasteiger partial charge in [-0.1, -0.05) is 0 Å². The Kier molecular flexibility index (Phi) is 8.89. The fraction of sp³-hybridized carbons (Fsp3) is 0.429. The van der Waals surface area contributed by atoms with Gasteiger partial charge in [-0.15, -0.1) is 0 Å². The Balaban J connectivity index is 0.000000285. The lowest BCUT2D eigenvalue weighted by molar-refractivity contribution is -0.128. The van der Waals surface area contributed by atoms with E-state index in [9.17, 15) is 27.2 Å². The van der Waals surface area contributed by atoms with Crippen molar-refractivity contribution in [3.63, 3.8) is 0 Å². The van der Waals surface area contributed by atoms with Crippen molar-refractivity contribution in [3.05, 3.63) is 48.1 Å². The maximum absolute atomic E-state index is 12.3. The van der Waals surface area contributed by atoms with Crippen LogP contribution in [0.2, 0.25) is 0 Å². The molecule has 0 unspecified atom stereocenters. The van der Waals surface area contributed by atoms with Gasteiger partial charge in [0.2, 0.25) is 11.8 Å². The number of ether oxygens (including phenoxy) is 2. The van der Waals surface area contributed by atoms with Crippen molar-refractivity contribution in [1.29, 1.82) is 0 Å². The topological polar surface area (TPSA) is 67.9 Å². The first-order chi connectivity index (χ1) is 14.7. The number of methoxy groups -OCH3 is 2. The second kappa shape index (κ2) is 11.4. The maximum Gasteiger partial charge on any atom is 0.266 e. The average molecular weight is 444 g/mol. The van der Waals surface area contributed by atoms with Crippen LogP contribution in [0.5, 0.6) is 11.5 Å². The van der Waals surface area contributed by atoms with Crippen molar-refractivity contribution >= 4 is 11.8 Å². The molecule has 0 bridgehead atoms. The zero-order valence-electron chi connectivity index (χ0n) is 17.2. The predicted octanol–water partition coefficient (Wildman–Crippen LogP) is 3.74. The van der Waals surface area contributed by atoms with Gasteiger partial charge in [0.25, 0.3) is 12.2 Å². The molecule has 2 saturated heterocycles. The molecule has 2 heterocycles. The first-order valence-electron chi connectivity index (χ1n) is 9.52. The summed E-state index contributed by atoms with van der Waals surface area (Å²) in [5.74, 6) is 0.253. The summed E-state index contributed by atoms with van der Waals surface area (Å²) in [6.45, 7) is 0.978. The van der Waals surface area contributed by atoms with E-state index in [1.807, 2.05) is 6.07 Å². The van der Waals surface area contributed by atoms with Gasteiger partial charge in [0.15, 0.2) is 0 Å². The summed E-state index contributed by atoms with van der Waals surface area (Å²) >= 11 is 0. The lowest BCUT2D eigenvalue weighted by Crippen LogP contribution is -2.24. The van der Waals surface area contributed by atoms with E-state index in [0.717, 1.165) is 17.7 Å². The number of hydrogen-bond donors (Lipinski definition) is 1. The van der Waals surface area contributed by atoms with E-state index in [1.54, 1.807) is 24.1 Å². The third-order valence-electron chi connectivity index (χ3n) is 4.83. The van der Waals surface area contributed by atoms with E-state index in [4.69, 9.17) is 9.47 Å². The molecule has 3 rings (SSSR count). The van der Waals surface area contributed by atoms with E-state index >= 15 is 0 Å². The summed E-state index contributed by atoms with van der Waals surface area (Å²) in [5.41, 5.74) is 0.817. The van der Waals surface area contributed by atoms with Crippen molar-refractivity contribution in [2.24, 2.45) is 11.8 Å². The predicted molar refractivity (Wildman–Crippen MR) is 105 cm³/mol. The van der Waals surface area contributed by atoms with Crippen molar-refractivity contribution in [1.82, 2.24) is 10.2 Å². The molecule has 0 spiro atoms. The summed E-state index contributed by atoms with van der Waals surface area (Å²) in [6, 6.07) is 5.31. The third-order valence-corrected chi connectivity index (χ3v) is 4.83. The highest BCUT2D eigenvalue weighted by Gasteiger charge is 2.29. The minimum Gasteiger partial charge on any atom is -0.497 e. The molecule has 0 aromatic heterocycles. The van der Waals surface area contributed by atoms with Crippen LogP contribution in [-0.4, -0.2) is 44.0 Å². The van der Waals surface area contributed by atoms with Gasteiger partial charge in [-0.05, 0) is 24.3 Å². The maximum atomic E-state index is 12.3. The number of nitrogens with zero attached hydrogens (tertiary/aromatic N) is 1. The standard InChI is InChI=1S/C15H17F2NO3.C6H7F2NO/c1-20-12-4-3-11(13(7-12)21-2)9-18-8-10(5-14(16)17)6-15(18)19;7-5(8)1-4-2-6(10)9-3-4/h3-5,7,10H,6,8-9H2,1-2H3;1,4H,2-3H2,(H,9,10)/t10-;4-/m11/s1. The quantitative estimate of drug-likeness (QED) is 0.679. The number of halogens is 4. The highest BCUT2D eigenvalue weighted by atomic mass is 19.3. The van der Waals surface area contributed by atoms with Gasteiger partial charge in [-0.25, -0.2) is 0 Å². The third kappa shape index (κ3) is 7.62. The van der Waals surface area contributed by atoms with Gasteiger partial charge in [-0.3, -0.25) is 9.59 Å². The van der Waals surface area contributed by atoms with Crippen LogP contribution in [0.1, 0.15) is 18.4 Å². The molecule has 6 nitrogen and oxygen atoms in total. The molecule has 31 heavy (non-hydrogen) atoms. The Morgan fingerprint density at radius 1 is 1.06 bits per heavy atom. The molecule has 0 radical (unpaired) electrons. The molecule has 2 atom stereocenters. The van der Waals surface area contributed by atoms with Crippen molar-refractivity contribution in [2.45, 2.75) is 19.4 Å². The highest BCUT2D eigenvalue weighted by Crippen LogP contribution is 2.29. The lowest BCUT2D eigenvalue weighted by Gasteiger charge is -2.18. The van der Waals surface area contributed by atoms with Gasteiger partial charge in [0, 0.05) is 55.9 Å². The van der Waals surface area contributed by atoms with Gasteiger partial charge in [-0.2, -0.15) is 17.6 Å². The number of benzene rings is 1. The Morgan fingerprint density at radius 2 is 1.74 bits per heavy atom.